The lowest BCUT2D eigenvalue weighted by molar-refractivity contribution is -0.0113. The van der Waals surface area contributed by atoms with Crippen LogP contribution in [0.15, 0.2) is 0 Å². The van der Waals surface area contributed by atoms with Crippen LogP contribution in [0.5, 0.6) is 0 Å². The lowest BCUT2D eigenvalue weighted by atomic mass is 9.89. The molecule has 1 saturated heterocycles. The van der Waals surface area contributed by atoms with Gasteiger partial charge in [0.05, 0.1) is 6.10 Å². The first-order chi connectivity index (χ1) is 8.29. The zero-order valence-corrected chi connectivity index (χ0v) is 11.5. The minimum atomic E-state index is 0.530. The SMILES string of the molecule is CCOC1CC(NCC(C)N2CCCCC2)C1. The summed E-state index contributed by atoms with van der Waals surface area (Å²) >= 11 is 0. The molecule has 2 rings (SSSR count). The van der Waals surface area contributed by atoms with E-state index in [2.05, 4.69) is 24.1 Å². The molecule has 0 amide bonds. The van der Waals surface area contributed by atoms with E-state index in [0.717, 1.165) is 13.2 Å². The third-order valence-electron chi connectivity index (χ3n) is 4.21. The zero-order chi connectivity index (χ0) is 12.1. The second kappa shape index (κ2) is 6.72. The maximum absolute atomic E-state index is 5.58. The van der Waals surface area contributed by atoms with Crippen LogP contribution in [-0.2, 0) is 4.74 Å². The number of nitrogens with zero attached hydrogens (tertiary/aromatic N) is 1. The first-order valence-electron chi connectivity index (χ1n) is 7.38. The number of nitrogens with one attached hydrogen (secondary N) is 1. The predicted molar refractivity (Wildman–Crippen MR) is 71.3 cm³/mol. The van der Waals surface area contributed by atoms with Crippen molar-refractivity contribution in [3.63, 3.8) is 0 Å². The van der Waals surface area contributed by atoms with Crippen LogP contribution in [0.2, 0.25) is 0 Å². The Hall–Kier alpha value is -0.120. The molecule has 2 fully saturated rings. The molecule has 0 aromatic heterocycles. The molecule has 0 radical (unpaired) electrons. The van der Waals surface area contributed by atoms with Crippen LogP contribution in [0.4, 0.5) is 0 Å². The lowest BCUT2D eigenvalue weighted by Gasteiger charge is -2.38. The Labute approximate surface area is 106 Å². The normalized spacial score (nSPS) is 32.1. The van der Waals surface area contributed by atoms with Gasteiger partial charge in [-0.3, -0.25) is 4.90 Å². The molecular weight excluding hydrogens is 212 g/mol. The molecule has 0 spiro atoms. The van der Waals surface area contributed by atoms with Crippen molar-refractivity contribution in [2.24, 2.45) is 0 Å². The molecule has 1 saturated carbocycles. The van der Waals surface area contributed by atoms with Gasteiger partial charge in [0.2, 0.25) is 0 Å². The van der Waals surface area contributed by atoms with Crippen LogP contribution < -0.4 is 5.32 Å². The van der Waals surface area contributed by atoms with E-state index in [0.29, 0.717) is 18.2 Å². The van der Waals surface area contributed by atoms with Gasteiger partial charge in [-0.2, -0.15) is 0 Å². The van der Waals surface area contributed by atoms with Crippen LogP contribution in [0, 0.1) is 0 Å². The molecule has 17 heavy (non-hydrogen) atoms. The molecule has 2 aliphatic rings. The Balaban J connectivity index is 1.56. The van der Waals surface area contributed by atoms with E-state index in [1.54, 1.807) is 0 Å². The third kappa shape index (κ3) is 3.94. The molecule has 1 unspecified atom stereocenters. The van der Waals surface area contributed by atoms with Crippen LogP contribution in [0.25, 0.3) is 0 Å². The van der Waals surface area contributed by atoms with E-state index in [-0.39, 0.29) is 0 Å². The fraction of sp³-hybridized carbons (Fsp3) is 1.00. The van der Waals surface area contributed by atoms with Crippen molar-refractivity contribution in [3.8, 4) is 0 Å². The first-order valence-corrected chi connectivity index (χ1v) is 7.38. The fourth-order valence-corrected chi connectivity index (χ4v) is 2.93. The maximum atomic E-state index is 5.58. The summed E-state index contributed by atoms with van der Waals surface area (Å²) in [6, 6.07) is 1.40. The highest BCUT2D eigenvalue weighted by atomic mass is 16.5. The minimum absolute atomic E-state index is 0.530. The quantitative estimate of drug-likeness (QED) is 0.769. The molecule has 1 N–H and O–H groups in total. The number of ether oxygens (including phenoxy) is 1. The summed E-state index contributed by atoms with van der Waals surface area (Å²) in [5, 5.41) is 3.68. The molecule has 0 aromatic rings. The van der Waals surface area contributed by atoms with Crippen LogP contribution in [0.3, 0.4) is 0 Å². The molecular formula is C14H28N2O. The van der Waals surface area contributed by atoms with Gasteiger partial charge in [-0.05, 0) is 52.6 Å². The lowest BCUT2D eigenvalue weighted by Crippen LogP contribution is -2.50. The number of likely N-dealkylation sites (tertiary alicyclic amines) is 1. The van der Waals surface area contributed by atoms with Crippen LogP contribution >= 0.6 is 0 Å². The summed E-state index contributed by atoms with van der Waals surface area (Å²) in [6.07, 6.45) is 7.15. The Bertz CT molecular complexity index is 210. The second-order valence-corrected chi connectivity index (χ2v) is 5.60. The molecule has 100 valence electrons. The topological polar surface area (TPSA) is 24.5 Å². The van der Waals surface area contributed by atoms with E-state index < -0.39 is 0 Å². The summed E-state index contributed by atoms with van der Waals surface area (Å²) in [5.74, 6) is 0. The molecule has 3 nitrogen and oxygen atoms in total. The Morgan fingerprint density at radius 1 is 1.24 bits per heavy atom. The van der Waals surface area contributed by atoms with E-state index in [1.165, 1.54) is 45.2 Å². The summed E-state index contributed by atoms with van der Waals surface area (Å²) in [5.41, 5.74) is 0. The molecule has 3 heteroatoms. The highest BCUT2D eigenvalue weighted by molar-refractivity contribution is 4.87. The molecule has 1 aliphatic heterocycles. The Morgan fingerprint density at radius 3 is 2.59 bits per heavy atom. The van der Waals surface area contributed by atoms with Crippen LogP contribution in [-0.4, -0.2) is 49.3 Å². The molecule has 1 aliphatic carbocycles. The number of piperidine rings is 1. The Morgan fingerprint density at radius 2 is 1.94 bits per heavy atom. The van der Waals surface area contributed by atoms with Crippen molar-refractivity contribution in [1.82, 2.24) is 10.2 Å². The van der Waals surface area contributed by atoms with Gasteiger partial charge in [-0.25, -0.2) is 0 Å². The van der Waals surface area contributed by atoms with Gasteiger partial charge in [-0.1, -0.05) is 6.42 Å². The van der Waals surface area contributed by atoms with Gasteiger partial charge >= 0.3 is 0 Å². The summed E-state index contributed by atoms with van der Waals surface area (Å²) in [4.78, 5) is 2.63. The zero-order valence-electron chi connectivity index (χ0n) is 11.5. The van der Waals surface area contributed by atoms with E-state index in [9.17, 15) is 0 Å². The average molecular weight is 240 g/mol. The highest BCUT2D eigenvalue weighted by Crippen LogP contribution is 2.23. The van der Waals surface area contributed by atoms with E-state index in [4.69, 9.17) is 4.74 Å². The summed E-state index contributed by atoms with van der Waals surface area (Å²) in [6.45, 7) is 9.05. The van der Waals surface area contributed by atoms with Gasteiger partial charge in [0, 0.05) is 25.2 Å². The van der Waals surface area contributed by atoms with Crippen molar-refractivity contribution >= 4 is 0 Å². The van der Waals surface area contributed by atoms with Gasteiger partial charge < -0.3 is 10.1 Å². The molecule has 0 bridgehead atoms. The fourth-order valence-electron chi connectivity index (χ4n) is 2.93. The number of rotatable bonds is 6. The summed E-state index contributed by atoms with van der Waals surface area (Å²) in [7, 11) is 0. The molecule has 0 aromatic carbocycles. The standard InChI is InChI=1S/C14H28N2O/c1-3-17-14-9-13(10-14)15-11-12(2)16-7-5-4-6-8-16/h12-15H,3-11H2,1-2H3. The predicted octanol–water partition coefficient (Wildman–Crippen LogP) is 2.02. The monoisotopic (exact) mass is 240 g/mol. The van der Waals surface area contributed by atoms with Crippen LogP contribution in [0.1, 0.15) is 46.0 Å². The van der Waals surface area contributed by atoms with Crippen molar-refractivity contribution in [2.75, 3.05) is 26.2 Å². The summed E-state index contributed by atoms with van der Waals surface area (Å²) < 4.78 is 5.58. The third-order valence-corrected chi connectivity index (χ3v) is 4.21. The molecule has 1 heterocycles. The van der Waals surface area contributed by atoms with E-state index >= 15 is 0 Å². The first kappa shape index (κ1) is 13.3. The second-order valence-electron chi connectivity index (χ2n) is 5.60. The number of hydrogen-bond donors (Lipinski definition) is 1. The smallest absolute Gasteiger partial charge is 0.0604 e. The van der Waals surface area contributed by atoms with Gasteiger partial charge in [0.25, 0.3) is 0 Å². The highest BCUT2D eigenvalue weighted by Gasteiger charge is 2.29. The maximum Gasteiger partial charge on any atom is 0.0604 e. The molecule has 1 atom stereocenters. The Kier molecular flexibility index (Phi) is 5.26. The van der Waals surface area contributed by atoms with Crippen molar-refractivity contribution in [3.05, 3.63) is 0 Å². The van der Waals surface area contributed by atoms with Gasteiger partial charge in [0.15, 0.2) is 0 Å². The van der Waals surface area contributed by atoms with Crippen molar-refractivity contribution < 1.29 is 4.74 Å². The van der Waals surface area contributed by atoms with Crippen molar-refractivity contribution in [2.45, 2.75) is 64.1 Å². The average Bonchev–Trinajstić information content (AvgIpc) is 2.32. The number of hydrogen-bond acceptors (Lipinski definition) is 3. The van der Waals surface area contributed by atoms with Gasteiger partial charge in [0.1, 0.15) is 0 Å². The van der Waals surface area contributed by atoms with Crippen molar-refractivity contribution in [1.29, 1.82) is 0 Å². The van der Waals surface area contributed by atoms with Gasteiger partial charge in [-0.15, -0.1) is 0 Å². The minimum Gasteiger partial charge on any atom is -0.378 e. The van der Waals surface area contributed by atoms with E-state index in [1.807, 2.05) is 0 Å². The largest absolute Gasteiger partial charge is 0.378 e.